The van der Waals surface area contributed by atoms with Crippen LogP contribution in [0.2, 0.25) is 5.02 Å². The molecule has 0 N–H and O–H groups in total. The van der Waals surface area contributed by atoms with Crippen LogP contribution in [0.1, 0.15) is 56.0 Å². The van der Waals surface area contributed by atoms with Gasteiger partial charge in [-0.05, 0) is 56.4 Å². The summed E-state index contributed by atoms with van der Waals surface area (Å²) in [5, 5.41) is 5.11. The third kappa shape index (κ3) is 5.25. The summed E-state index contributed by atoms with van der Waals surface area (Å²) in [7, 11) is 0. The van der Waals surface area contributed by atoms with Crippen molar-refractivity contribution in [3.05, 3.63) is 70.7 Å². The lowest BCUT2D eigenvalue weighted by Gasteiger charge is -2.32. The zero-order chi connectivity index (χ0) is 23.4. The van der Waals surface area contributed by atoms with Gasteiger partial charge in [0.1, 0.15) is 5.69 Å². The Labute approximate surface area is 201 Å². The molecule has 3 aromatic rings. The molecule has 1 saturated heterocycles. The average Bonchev–Trinajstić information content (AvgIpc) is 3.26. The molecule has 33 heavy (non-hydrogen) atoms. The summed E-state index contributed by atoms with van der Waals surface area (Å²) < 4.78 is 5.96. The van der Waals surface area contributed by atoms with Crippen molar-refractivity contribution in [1.82, 2.24) is 10.1 Å². The first-order valence-corrected chi connectivity index (χ1v) is 12.2. The second kappa shape index (κ2) is 10.4. The van der Waals surface area contributed by atoms with Gasteiger partial charge in [-0.1, -0.05) is 60.9 Å². The van der Waals surface area contributed by atoms with Crippen LogP contribution >= 0.6 is 11.6 Å². The van der Waals surface area contributed by atoms with E-state index in [1.54, 1.807) is 24.3 Å². The van der Waals surface area contributed by atoms with Gasteiger partial charge in [-0.15, -0.1) is 0 Å². The lowest BCUT2D eigenvalue weighted by atomic mass is 9.98. The Hall–Kier alpha value is -2.79. The Morgan fingerprint density at radius 3 is 2.45 bits per heavy atom. The first-order chi connectivity index (χ1) is 16.0. The molecule has 2 heterocycles. The van der Waals surface area contributed by atoms with Gasteiger partial charge < -0.3 is 14.3 Å². The van der Waals surface area contributed by atoms with Crippen molar-refractivity contribution >= 4 is 23.4 Å². The van der Waals surface area contributed by atoms with E-state index in [2.05, 4.69) is 30.8 Å². The van der Waals surface area contributed by atoms with E-state index < -0.39 is 0 Å². The fourth-order valence-electron chi connectivity index (χ4n) is 4.30. The van der Waals surface area contributed by atoms with Crippen LogP contribution in [0.15, 0.2) is 59.1 Å². The van der Waals surface area contributed by atoms with Gasteiger partial charge in [0.15, 0.2) is 0 Å². The van der Waals surface area contributed by atoms with Crippen LogP contribution in [-0.4, -0.2) is 35.1 Å². The summed E-state index contributed by atoms with van der Waals surface area (Å²) in [6.45, 7) is 8.80. The normalized spacial score (nSPS) is 15.5. The molecule has 2 aromatic carbocycles. The SMILES string of the molecule is CC[C@H](C)N(Cc1c(-c2ccccc2)noc1N1CCC(C)CC1)C(=O)c1ccc(Cl)cc1. The van der Waals surface area contributed by atoms with Crippen LogP contribution in [-0.2, 0) is 6.54 Å². The number of rotatable bonds is 7. The predicted octanol–water partition coefficient (Wildman–Crippen LogP) is 6.67. The van der Waals surface area contributed by atoms with Crippen molar-refractivity contribution in [2.75, 3.05) is 18.0 Å². The van der Waals surface area contributed by atoms with Crippen molar-refractivity contribution in [3.63, 3.8) is 0 Å². The highest BCUT2D eigenvalue weighted by Gasteiger charge is 2.30. The molecule has 5 nitrogen and oxygen atoms in total. The molecule has 1 aliphatic heterocycles. The molecular weight excluding hydrogens is 434 g/mol. The summed E-state index contributed by atoms with van der Waals surface area (Å²) in [5.74, 6) is 1.49. The second-order valence-electron chi connectivity index (χ2n) is 9.05. The van der Waals surface area contributed by atoms with Crippen molar-refractivity contribution in [1.29, 1.82) is 0 Å². The maximum Gasteiger partial charge on any atom is 0.254 e. The van der Waals surface area contributed by atoms with E-state index in [1.165, 1.54) is 0 Å². The van der Waals surface area contributed by atoms with Crippen molar-refractivity contribution in [2.45, 2.75) is 52.6 Å². The Bertz CT molecular complexity index is 1060. The molecule has 0 aliphatic carbocycles. The fraction of sp³-hybridized carbons (Fsp3) is 0.407. The van der Waals surface area contributed by atoms with Gasteiger partial charge in [-0.3, -0.25) is 4.79 Å². The molecule has 174 valence electrons. The molecule has 1 aliphatic rings. The van der Waals surface area contributed by atoms with Crippen LogP contribution in [0.3, 0.4) is 0 Å². The van der Waals surface area contributed by atoms with Gasteiger partial charge in [-0.25, -0.2) is 0 Å². The number of halogens is 1. The molecular formula is C27H32ClN3O2. The van der Waals surface area contributed by atoms with E-state index in [9.17, 15) is 4.79 Å². The summed E-state index contributed by atoms with van der Waals surface area (Å²) in [5.41, 5.74) is 3.40. The van der Waals surface area contributed by atoms with Gasteiger partial charge in [0.25, 0.3) is 5.91 Å². The molecule has 1 atom stereocenters. The number of benzene rings is 2. The molecule has 0 unspecified atom stereocenters. The predicted molar refractivity (Wildman–Crippen MR) is 134 cm³/mol. The van der Waals surface area contributed by atoms with Crippen molar-refractivity contribution in [3.8, 4) is 11.3 Å². The summed E-state index contributed by atoms with van der Waals surface area (Å²) in [6.07, 6.45) is 3.10. The van der Waals surface area contributed by atoms with Crippen LogP contribution < -0.4 is 4.90 Å². The first-order valence-electron chi connectivity index (χ1n) is 11.8. The minimum atomic E-state index is -0.0144. The molecule has 1 aromatic heterocycles. The largest absolute Gasteiger partial charge is 0.340 e. The Morgan fingerprint density at radius 2 is 1.82 bits per heavy atom. The highest BCUT2D eigenvalue weighted by atomic mass is 35.5. The highest BCUT2D eigenvalue weighted by Crippen LogP contribution is 2.35. The van der Waals surface area contributed by atoms with Gasteiger partial charge in [0.2, 0.25) is 5.88 Å². The minimum absolute atomic E-state index is 0.0144. The van der Waals surface area contributed by atoms with Crippen LogP contribution in [0.5, 0.6) is 0 Å². The summed E-state index contributed by atoms with van der Waals surface area (Å²) in [6, 6.07) is 17.2. The molecule has 0 saturated carbocycles. The number of carbonyl (C=O) groups excluding carboxylic acids is 1. The average molecular weight is 466 g/mol. The number of piperidine rings is 1. The standard InChI is InChI=1S/C27H32ClN3O2/c1-4-20(3)31(26(32)22-10-12-23(28)13-11-22)18-24-25(21-8-6-5-7-9-21)29-33-27(24)30-16-14-19(2)15-17-30/h5-13,19-20H,4,14-18H2,1-3H3/t20-/m0/s1. The van der Waals surface area contributed by atoms with Crippen LogP contribution in [0.4, 0.5) is 5.88 Å². The third-order valence-corrected chi connectivity index (χ3v) is 6.94. The number of hydrogen-bond acceptors (Lipinski definition) is 4. The number of aromatic nitrogens is 1. The number of hydrogen-bond donors (Lipinski definition) is 0. The van der Waals surface area contributed by atoms with Crippen LogP contribution in [0, 0.1) is 5.92 Å². The van der Waals surface area contributed by atoms with Gasteiger partial charge >= 0.3 is 0 Å². The van der Waals surface area contributed by atoms with Gasteiger partial charge in [-0.2, -0.15) is 0 Å². The van der Waals surface area contributed by atoms with E-state index in [-0.39, 0.29) is 11.9 Å². The number of nitrogens with zero attached hydrogens (tertiary/aromatic N) is 3. The molecule has 0 radical (unpaired) electrons. The Morgan fingerprint density at radius 1 is 1.15 bits per heavy atom. The fourth-order valence-corrected chi connectivity index (χ4v) is 4.43. The van der Waals surface area contributed by atoms with E-state index >= 15 is 0 Å². The van der Waals surface area contributed by atoms with E-state index in [0.29, 0.717) is 23.0 Å². The first kappa shape index (κ1) is 23.4. The lowest BCUT2D eigenvalue weighted by Crippen LogP contribution is -2.39. The van der Waals surface area contributed by atoms with Gasteiger partial charge in [0.05, 0.1) is 12.1 Å². The maximum atomic E-state index is 13.6. The van der Waals surface area contributed by atoms with Crippen LogP contribution in [0.25, 0.3) is 11.3 Å². The van der Waals surface area contributed by atoms with Gasteiger partial charge in [0, 0.05) is 35.3 Å². The number of carbonyl (C=O) groups is 1. The lowest BCUT2D eigenvalue weighted by molar-refractivity contribution is 0.0672. The zero-order valence-electron chi connectivity index (χ0n) is 19.6. The van der Waals surface area contributed by atoms with E-state index in [1.807, 2.05) is 35.2 Å². The topological polar surface area (TPSA) is 49.6 Å². The molecule has 1 fully saturated rings. The molecule has 4 rings (SSSR count). The highest BCUT2D eigenvalue weighted by molar-refractivity contribution is 6.30. The molecule has 6 heteroatoms. The summed E-state index contributed by atoms with van der Waals surface area (Å²) >= 11 is 6.06. The Balaban J connectivity index is 1.73. The summed E-state index contributed by atoms with van der Waals surface area (Å²) in [4.78, 5) is 17.8. The smallest absolute Gasteiger partial charge is 0.254 e. The Kier molecular flexibility index (Phi) is 7.39. The zero-order valence-corrected chi connectivity index (χ0v) is 20.4. The van der Waals surface area contributed by atoms with Crippen molar-refractivity contribution in [2.24, 2.45) is 5.92 Å². The minimum Gasteiger partial charge on any atom is -0.340 e. The van der Waals surface area contributed by atoms with E-state index in [0.717, 1.165) is 55.1 Å². The molecule has 0 bridgehead atoms. The monoisotopic (exact) mass is 465 g/mol. The van der Waals surface area contributed by atoms with E-state index in [4.69, 9.17) is 16.1 Å². The number of anilines is 1. The molecule has 0 spiro atoms. The third-order valence-electron chi connectivity index (χ3n) is 6.69. The second-order valence-corrected chi connectivity index (χ2v) is 9.48. The maximum absolute atomic E-state index is 13.6. The quantitative estimate of drug-likeness (QED) is 0.391. The number of amides is 1. The van der Waals surface area contributed by atoms with Crippen molar-refractivity contribution < 1.29 is 9.32 Å². The molecule has 1 amide bonds.